The molecule has 15 nitrogen and oxygen atoms in total. The third-order valence-electron chi connectivity index (χ3n) is 4.63. The van der Waals surface area contributed by atoms with Crippen LogP contribution >= 0.6 is 0 Å². The summed E-state index contributed by atoms with van der Waals surface area (Å²) in [6.45, 7) is 0.0294. The van der Waals surface area contributed by atoms with Gasteiger partial charge in [0, 0.05) is 6.61 Å². The minimum atomic E-state index is -2.57. The molecule has 12 atom stereocenters. The molecule has 0 aromatic carbocycles. The van der Waals surface area contributed by atoms with Gasteiger partial charge in [0.15, 0.2) is 0 Å². The van der Waals surface area contributed by atoms with Crippen LogP contribution < -0.4 is 63.3 Å². The van der Waals surface area contributed by atoms with Gasteiger partial charge in [-0.2, -0.15) is 0 Å². The van der Waals surface area contributed by atoms with Crippen molar-refractivity contribution in [2.45, 2.75) is 80.2 Å². The van der Waals surface area contributed by atoms with Gasteiger partial charge < -0.3 is 75.9 Å². The van der Waals surface area contributed by atoms with Gasteiger partial charge in [0.05, 0.1) is 12.6 Å². The second-order valence-corrected chi connectivity index (χ2v) is 6.85. The zero-order chi connectivity index (χ0) is 24.6. The fraction of sp³-hybridized carbons (Fsp3) is 0.938. The first-order valence-electron chi connectivity index (χ1n) is 9.16. The van der Waals surface area contributed by atoms with Crippen molar-refractivity contribution < 1.29 is 134 Å². The molecule has 186 valence electrons. The summed E-state index contributed by atoms with van der Waals surface area (Å²) >= 11 is 0. The van der Waals surface area contributed by atoms with E-state index in [-0.39, 0.29) is 64.8 Å². The van der Waals surface area contributed by atoms with Crippen LogP contribution in [0.3, 0.4) is 0 Å². The summed E-state index contributed by atoms with van der Waals surface area (Å²) in [5.41, 5.74) is 0. The normalized spacial score (nSPS) is 23.3. The third-order valence-corrected chi connectivity index (χ3v) is 4.63. The average molecular weight is 549 g/mol. The van der Waals surface area contributed by atoms with Crippen LogP contribution in [0.4, 0.5) is 0 Å². The average Bonchev–Trinajstić information content (AvgIpc) is 2.76. The van der Waals surface area contributed by atoms with Gasteiger partial charge in [0.1, 0.15) is 73.2 Å². The number of carbonyl (C=O) groups excluding carboxylic acids is 1. The number of aliphatic carboxylic acids is 1. The number of aliphatic hydroxyl groups is 12. The van der Waals surface area contributed by atoms with Gasteiger partial charge in [-0.3, -0.25) is 0 Å². The van der Waals surface area contributed by atoms with E-state index in [9.17, 15) is 66.1 Å². The second kappa shape index (κ2) is 16.4. The van der Waals surface area contributed by atoms with E-state index in [2.05, 4.69) is 0 Å². The summed E-state index contributed by atoms with van der Waals surface area (Å²) in [5.74, 6) is -2.14. The van der Waals surface area contributed by atoms with Gasteiger partial charge in [-0.05, 0) is 6.92 Å². The van der Waals surface area contributed by atoms with E-state index in [1.165, 1.54) is 6.92 Å². The molecule has 32 heavy (non-hydrogen) atoms. The van der Waals surface area contributed by atoms with Crippen molar-refractivity contribution in [3.63, 3.8) is 0 Å². The quantitative estimate of drug-likeness (QED) is 0.0903. The largest absolute Gasteiger partial charge is 1.00 e. The number of carbonyl (C=O) groups is 1. The molecule has 0 aliphatic carbocycles. The summed E-state index contributed by atoms with van der Waals surface area (Å²) in [4.78, 5) is 10.7. The topological polar surface area (TPSA) is 292 Å². The van der Waals surface area contributed by atoms with Crippen LogP contribution in [-0.2, 0) is 9.53 Å². The molecule has 0 fully saturated rings. The monoisotopic (exact) mass is 548 g/mol. The van der Waals surface area contributed by atoms with Crippen LogP contribution in [0.1, 0.15) is 6.92 Å². The zero-order valence-corrected chi connectivity index (χ0v) is 22.3. The molecular formula is C16H31O15Rb. The van der Waals surface area contributed by atoms with Gasteiger partial charge in [-0.15, -0.1) is 0 Å². The molecule has 0 aromatic rings. The summed E-state index contributed by atoms with van der Waals surface area (Å²) in [5, 5.41) is 127. The predicted octanol–water partition coefficient (Wildman–Crippen LogP) is -11.9. The first-order chi connectivity index (χ1) is 14.2. The molecule has 0 spiro atoms. The van der Waals surface area contributed by atoms with Gasteiger partial charge in [0.25, 0.3) is 0 Å². The molecule has 12 unspecified atom stereocenters. The van der Waals surface area contributed by atoms with Crippen molar-refractivity contribution >= 4 is 5.97 Å². The fourth-order valence-corrected chi connectivity index (χ4v) is 2.65. The van der Waals surface area contributed by atoms with Crippen molar-refractivity contribution in [3.8, 4) is 0 Å². The summed E-state index contributed by atoms with van der Waals surface area (Å²) in [7, 11) is 0. The van der Waals surface area contributed by atoms with Crippen LogP contribution in [0.15, 0.2) is 0 Å². The van der Waals surface area contributed by atoms with E-state index in [0.717, 1.165) is 0 Å². The Morgan fingerprint density at radius 2 is 1.03 bits per heavy atom. The minimum absolute atomic E-state index is 0. The molecular weight excluding hydrogens is 518 g/mol. The fourth-order valence-electron chi connectivity index (χ4n) is 2.65. The van der Waals surface area contributed by atoms with E-state index in [0.29, 0.717) is 0 Å². The van der Waals surface area contributed by atoms with E-state index in [4.69, 9.17) is 9.84 Å². The number of hydrogen-bond donors (Lipinski definition) is 12. The van der Waals surface area contributed by atoms with Gasteiger partial charge >= 0.3 is 58.2 Å². The van der Waals surface area contributed by atoms with Gasteiger partial charge in [-0.25, -0.2) is 0 Å². The SMILES string of the molecule is CCOC(C(O)C(O)C(=O)[O-])C(O)C(O)C(O)C(O)C(O)C(O)C(O)C(O)C(O)CO.[Rb+]. The van der Waals surface area contributed by atoms with Crippen LogP contribution in [0.25, 0.3) is 0 Å². The number of hydrogen-bond acceptors (Lipinski definition) is 15. The maximum atomic E-state index is 10.7. The smallest absolute Gasteiger partial charge is 0.547 e. The van der Waals surface area contributed by atoms with Crippen LogP contribution in [0, 0.1) is 0 Å². The van der Waals surface area contributed by atoms with Crippen LogP contribution in [-0.4, -0.2) is 154 Å². The van der Waals surface area contributed by atoms with Crippen molar-refractivity contribution in [1.29, 1.82) is 0 Å². The minimum Gasteiger partial charge on any atom is -0.547 e. The Balaban J connectivity index is 0. The van der Waals surface area contributed by atoms with E-state index in [1.54, 1.807) is 0 Å². The second-order valence-electron chi connectivity index (χ2n) is 6.85. The number of carboxylic acid groups (broad SMARTS) is 1. The molecule has 0 aliphatic rings. The van der Waals surface area contributed by atoms with Gasteiger partial charge in [-0.1, -0.05) is 0 Å². The molecule has 16 heteroatoms. The maximum Gasteiger partial charge on any atom is 1.00 e. The molecule has 0 rings (SSSR count). The number of ether oxygens (including phenoxy) is 1. The van der Waals surface area contributed by atoms with Crippen molar-refractivity contribution in [1.82, 2.24) is 0 Å². The maximum absolute atomic E-state index is 10.7. The molecule has 0 aromatic heterocycles. The van der Waals surface area contributed by atoms with Crippen molar-refractivity contribution in [3.05, 3.63) is 0 Å². The molecule has 0 saturated carbocycles. The van der Waals surface area contributed by atoms with Crippen molar-refractivity contribution in [2.24, 2.45) is 0 Å². The first kappa shape index (κ1) is 34.9. The standard InChI is InChI=1S/C16H32O15.Rb/c1-2-31-15(13(27)14(28)16(29)30)12(26)11(25)10(24)9(23)8(22)7(21)6(20)5(19)4(18)3-17;/h4-15,17-28H,2-3H2,1H3,(H,29,30);/q;+1/p-1. The predicted molar refractivity (Wildman–Crippen MR) is 93.6 cm³/mol. The molecule has 0 aliphatic heterocycles. The molecule has 12 N–H and O–H groups in total. The van der Waals surface area contributed by atoms with Crippen molar-refractivity contribution in [2.75, 3.05) is 13.2 Å². The zero-order valence-electron chi connectivity index (χ0n) is 17.4. The summed E-state index contributed by atoms with van der Waals surface area (Å²) < 4.78 is 4.86. The Kier molecular flexibility index (Phi) is 17.9. The van der Waals surface area contributed by atoms with Gasteiger partial charge in [0.2, 0.25) is 0 Å². The Morgan fingerprint density at radius 1 is 0.688 bits per heavy atom. The number of carboxylic acids is 1. The molecule has 0 amide bonds. The summed E-state index contributed by atoms with van der Waals surface area (Å²) in [6.07, 6.45) is -28.2. The molecule has 0 bridgehead atoms. The molecule has 0 heterocycles. The molecule has 0 saturated heterocycles. The Hall–Kier alpha value is 0.755. The Labute approximate surface area is 231 Å². The van der Waals surface area contributed by atoms with Crippen LogP contribution in [0.5, 0.6) is 0 Å². The third kappa shape index (κ3) is 9.42. The van der Waals surface area contributed by atoms with E-state index >= 15 is 0 Å². The molecule has 0 radical (unpaired) electrons. The summed E-state index contributed by atoms with van der Waals surface area (Å²) in [6, 6.07) is 0. The van der Waals surface area contributed by atoms with Crippen LogP contribution in [0.2, 0.25) is 0 Å². The van der Waals surface area contributed by atoms with E-state index in [1.807, 2.05) is 0 Å². The Bertz CT molecular complexity index is 528. The Morgan fingerprint density at radius 3 is 1.34 bits per heavy atom. The first-order valence-corrected chi connectivity index (χ1v) is 9.16. The number of aliphatic hydroxyl groups excluding tert-OH is 12. The number of rotatable bonds is 15. The van der Waals surface area contributed by atoms with E-state index < -0.39 is 85.8 Å².